The van der Waals surface area contributed by atoms with Crippen LogP contribution in [0.15, 0.2) is 0 Å². The molecule has 1 saturated carbocycles. The minimum Gasteiger partial charge on any atom is -0.348 e. The molecule has 0 atom stereocenters. The van der Waals surface area contributed by atoms with Crippen LogP contribution >= 0.6 is 0 Å². The van der Waals surface area contributed by atoms with Crippen LogP contribution in [-0.2, 0) is 19.6 Å². The first-order valence-electron chi connectivity index (χ1n) is 8.50. The van der Waals surface area contributed by atoms with Crippen LogP contribution in [0.2, 0.25) is 0 Å². The van der Waals surface area contributed by atoms with E-state index in [0.29, 0.717) is 45.6 Å². The van der Waals surface area contributed by atoms with Gasteiger partial charge in [0.2, 0.25) is 10.0 Å². The summed E-state index contributed by atoms with van der Waals surface area (Å²) in [4.78, 5) is 25.3. The zero-order valence-electron chi connectivity index (χ0n) is 14.5. The molecule has 1 heterocycles. The van der Waals surface area contributed by atoms with Crippen LogP contribution in [-0.4, -0.2) is 81.5 Å². The maximum Gasteiger partial charge on any atom is 0.309 e. The summed E-state index contributed by atoms with van der Waals surface area (Å²) in [6.07, 6.45) is 2.99. The molecule has 0 aromatic rings. The van der Waals surface area contributed by atoms with Gasteiger partial charge in [-0.1, -0.05) is 0 Å². The van der Waals surface area contributed by atoms with Crippen LogP contribution in [0.5, 0.6) is 0 Å². The zero-order chi connectivity index (χ0) is 17.7. The molecule has 0 aromatic carbocycles. The molecule has 2 N–H and O–H groups in total. The molecule has 0 spiro atoms. The summed E-state index contributed by atoms with van der Waals surface area (Å²) in [6, 6.07) is 0. The smallest absolute Gasteiger partial charge is 0.309 e. The van der Waals surface area contributed by atoms with Gasteiger partial charge in [-0.05, 0) is 45.7 Å². The standard InChI is InChI=1S/C15H28N4O4S/c1-18(2)10-7-16-14(20)15(21)17-11-12-5-8-19(9-6-12)24(22,23)13-3-4-13/h12-13H,3-11H2,1-2H3,(H,16,20)(H,17,21). The number of amides is 2. The van der Waals surface area contributed by atoms with Crippen LogP contribution in [0.4, 0.5) is 0 Å². The first-order valence-corrected chi connectivity index (χ1v) is 10.0. The third-order valence-corrected chi connectivity index (χ3v) is 6.88. The second-order valence-electron chi connectivity index (χ2n) is 6.86. The summed E-state index contributed by atoms with van der Waals surface area (Å²) in [5.41, 5.74) is 0. The van der Waals surface area contributed by atoms with Crippen molar-refractivity contribution < 1.29 is 18.0 Å². The molecule has 2 amide bonds. The monoisotopic (exact) mass is 360 g/mol. The lowest BCUT2D eigenvalue weighted by Gasteiger charge is -2.31. The van der Waals surface area contributed by atoms with E-state index in [2.05, 4.69) is 10.6 Å². The number of sulfonamides is 1. The summed E-state index contributed by atoms with van der Waals surface area (Å²) in [5.74, 6) is -1.03. The fourth-order valence-electron chi connectivity index (χ4n) is 2.74. The fraction of sp³-hybridized carbons (Fsp3) is 0.867. The summed E-state index contributed by atoms with van der Waals surface area (Å²) in [7, 11) is 0.685. The molecule has 0 bridgehead atoms. The van der Waals surface area contributed by atoms with Gasteiger partial charge in [0, 0.05) is 32.7 Å². The lowest BCUT2D eigenvalue weighted by Crippen LogP contribution is -2.46. The van der Waals surface area contributed by atoms with Crippen LogP contribution in [0.25, 0.3) is 0 Å². The van der Waals surface area contributed by atoms with Crippen molar-refractivity contribution in [2.75, 3.05) is 46.8 Å². The number of hydrogen-bond acceptors (Lipinski definition) is 5. The van der Waals surface area contributed by atoms with Crippen LogP contribution < -0.4 is 10.6 Å². The highest BCUT2D eigenvalue weighted by Crippen LogP contribution is 2.32. The minimum absolute atomic E-state index is 0.167. The van der Waals surface area contributed by atoms with E-state index in [0.717, 1.165) is 12.8 Å². The molecule has 138 valence electrons. The number of carbonyl (C=O) groups excluding carboxylic acids is 2. The van der Waals surface area contributed by atoms with Crippen molar-refractivity contribution in [2.24, 2.45) is 5.92 Å². The number of nitrogens with zero attached hydrogens (tertiary/aromatic N) is 2. The minimum atomic E-state index is -3.10. The van der Waals surface area contributed by atoms with Gasteiger partial charge in [0.1, 0.15) is 0 Å². The van der Waals surface area contributed by atoms with Crippen molar-refractivity contribution in [3.05, 3.63) is 0 Å². The van der Waals surface area contributed by atoms with E-state index in [4.69, 9.17) is 0 Å². The van der Waals surface area contributed by atoms with E-state index in [-0.39, 0.29) is 11.2 Å². The van der Waals surface area contributed by atoms with E-state index < -0.39 is 21.8 Å². The Morgan fingerprint density at radius 2 is 1.62 bits per heavy atom. The summed E-state index contributed by atoms with van der Waals surface area (Å²) in [6.45, 7) is 2.53. The van der Waals surface area contributed by atoms with Crippen LogP contribution in [0.3, 0.4) is 0 Å². The largest absolute Gasteiger partial charge is 0.348 e. The second-order valence-corrected chi connectivity index (χ2v) is 9.07. The lowest BCUT2D eigenvalue weighted by molar-refractivity contribution is -0.139. The second kappa shape index (κ2) is 8.26. The van der Waals surface area contributed by atoms with Gasteiger partial charge < -0.3 is 15.5 Å². The Morgan fingerprint density at radius 1 is 1.04 bits per heavy atom. The Bertz CT molecular complexity index is 552. The van der Waals surface area contributed by atoms with Crippen molar-refractivity contribution in [3.63, 3.8) is 0 Å². The molecule has 1 saturated heterocycles. The third kappa shape index (κ3) is 5.42. The number of rotatable bonds is 7. The van der Waals surface area contributed by atoms with Gasteiger partial charge in [-0.3, -0.25) is 9.59 Å². The third-order valence-electron chi connectivity index (χ3n) is 4.48. The van der Waals surface area contributed by atoms with Gasteiger partial charge in [-0.25, -0.2) is 12.7 Å². The average Bonchev–Trinajstić information content (AvgIpc) is 3.37. The molecule has 9 heteroatoms. The molecule has 1 aliphatic carbocycles. The Morgan fingerprint density at radius 3 is 2.17 bits per heavy atom. The van der Waals surface area contributed by atoms with Gasteiger partial charge in [0.05, 0.1) is 5.25 Å². The summed E-state index contributed by atoms with van der Waals surface area (Å²) < 4.78 is 25.9. The number of hydrogen-bond donors (Lipinski definition) is 2. The molecule has 2 rings (SSSR count). The Hall–Kier alpha value is -1.19. The topological polar surface area (TPSA) is 98.8 Å². The molecule has 24 heavy (non-hydrogen) atoms. The Labute approximate surface area is 144 Å². The normalized spacial score (nSPS) is 20.1. The lowest BCUT2D eigenvalue weighted by atomic mass is 9.98. The highest BCUT2D eigenvalue weighted by Gasteiger charge is 2.41. The SMILES string of the molecule is CN(C)CCNC(=O)C(=O)NCC1CCN(S(=O)(=O)C2CC2)CC1. The van der Waals surface area contributed by atoms with E-state index in [1.54, 1.807) is 4.31 Å². The van der Waals surface area contributed by atoms with Gasteiger partial charge in [0.15, 0.2) is 0 Å². The molecule has 0 aromatic heterocycles. The Balaban J connectivity index is 1.65. The quantitative estimate of drug-likeness (QED) is 0.567. The first-order chi connectivity index (χ1) is 11.3. The van der Waals surface area contributed by atoms with Crippen molar-refractivity contribution in [3.8, 4) is 0 Å². The molecule has 0 radical (unpaired) electrons. The van der Waals surface area contributed by atoms with E-state index >= 15 is 0 Å². The number of likely N-dealkylation sites (N-methyl/N-ethyl adjacent to an activating group) is 1. The molecular formula is C15H28N4O4S. The van der Waals surface area contributed by atoms with Crippen molar-refractivity contribution in [1.29, 1.82) is 0 Å². The van der Waals surface area contributed by atoms with Crippen molar-refractivity contribution >= 4 is 21.8 Å². The van der Waals surface area contributed by atoms with E-state index in [1.165, 1.54) is 0 Å². The highest BCUT2D eigenvalue weighted by molar-refractivity contribution is 7.90. The maximum atomic E-state index is 12.2. The number of nitrogens with one attached hydrogen (secondary N) is 2. The predicted octanol–water partition coefficient (Wildman–Crippen LogP) is -1.02. The van der Waals surface area contributed by atoms with Crippen molar-refractivity contribution in [1.82, 2.24) is 19.8 Å². The van der Waals surface area contributed by atoms with Crippen LogP contribution in [0.1, 0.15) is 25.7 Å². The zero-order valence-corrected chi connectivity index (χ0v) is 15.3. The molecule has 1 aliphatic heterocycles. The first kappa shape index (κ1) is 19.1. The van der Waals surface area contributed by atoms with Crippen molar-refractivity contribution in [2.45, 2.75) is 30.9 Å². The van der Waals surface area contributed by atoms with Gasteiger partial charge in [-0.15, -0.1) is 0 Å². The fourth-order valence-corrected chi connectivity index (χ4v) is 4.61. The summed E-state index contributed by atoms with van der Waals surface area (Å²) >= 11 is 0. The number of carbonyl (C=O) groups is 2. The van der Waals surface area contributed by atoms with E-state index in [9.17, 15) is 18.0 Å². The van der Waals surface area contributed by atoms with Gasteiger partial charge in [0.25, 0.3) is 0 Å². The Kier molecular flexibility index (Phi) is 6.59. The highest BCUT2D eigenvalue weighted by atomic mass is 32.2. The van der Waals surface area contributed by atoms with Crippen LogP contribution in [0, 0.1) is 5.92 Å². The summed E-state index contributed by atoms with van der Waals surface area (Å²) in [5, 5.41) is 5.05. The molecule has 0 unspecified atom stereocenters. The molecule has 2 aliphatic rings. The van der Waals surface area contributed by atoms with E-state index in [1.807, 2.05) is 19.0 Å². The molecule has 8 nitrogen and oxygen atoms in total. The predicted molar refractivity (Wildman–Crippen MR) is 90.8 cm³/mol. The average molecular weight is 360 g/mol. The maximum absolute atomic E-state index is 12.2. The van der Waals surface area contributed by atoms with Gasteiger partial charge >= 0.3 is 11.8 Å². The number of piperidine rings is 1. The molecular weight excluding hydrogens is 332 g/mol. The van der Waals surface area contributed by atoms with Gasteiger partial charge in [-0.2, -0.15) is 0 Å². The molecule has 2 fully saturated rings.